The molecule has 2 fully saturated rings. The van der Waals surface area contributed by atoms with Crippen LogP contribution in [0.25, 0.3) is 16.7 Å². The van der Waals surface area contributed by atoms with E-state index in [4.69, 9.17) is 9.84 Å². The molecule has 0 saturated heterocycles. The molecule has 2 atom stereocenters. The van der Waals surface area contributed by atoms with Crippen molar-refractivity contribution in [2.45, 2.75) is 173 Å². The average molecular weight is 718 g/mol. The van der Waals surface area contributed by atoms with Crippen LogP contribution in [0.4, 0.5) is 0 Å². The molecule has 3 aromatic rings. The van der Waals surface area contributed by atoms with E-state index in [9.17, 15) is 19.8 Å². The molecule has 0 aliphatic heterocycles. The number of phenolic OH excluding ortho intramolecular Hbond substituents is 1. The molecule has 2 amide bonds. The van der Waals surface area contributed by atoms with Gasteiger partial charge in [-0.25, -0.2) is 0 Å². The van der Waals surface area contributed by atoms with Crippen LogP contribution in [0.3, 0.4) is 0 Å². The second-order valence-corrected chi connectivity index (χ2v) is 15.5. The third kappa shape index (κ3) is 10.7. The molecule has 0 radical (unpaired) electrons. The first-order chi connectivity index (χ1) is 25.3. The number of fused-ring (bicyclic) bond motifs is 1. The average Bonchev–Trinajstić information content (AvgIpc) is 3.56. The minimum atomic E-state index is -0.704. The van der Waals surface area contributed by atoms with Crippen LogP contribution in [0.1, 0.15) is 160 Å². The molecule has 2 unspecified atom stereocenters. The number of hydrogen-bond donors (Lipinski definition) is 3. The molecule has 0 spiro atoms. The summed E-state index contributed by atoms with van der Waals surface area (Å²) in [5, 5.41) is 34.9. The van der Waals surface area contributed by atoms with Crippen LogP contribution in [0, 0.1) is 0 Å². The second-order valence-electron chi connectivity index (χ2n) is 15.5. The summed E-state index contributed by atoms with van der Waals surface area (Å²) in [6, 6.07) is 8.93. The predicted molar refractivity (Wildman–Crippen MR) is 206 cm³/mol. The van der Waals surface area contributed by atoms with E-state index in [-0.39, 0.29) is 30.3 Å². The van der Waals surface area contributed by atoms with Crippen LogP contribution in [0.5, 0.6) is 11.5 Å². The fourth-order valence-electron chi connectivity index (χ4n) is 7.92. The Morgan fingerprint density at radius 3 is 2.19 bits per heavy atom. The van der Waals surface area contributed by atoms with E-state index in [1.165, 1.54) is 49.7 Å². The molecule has 1 aromatic heterocycles. The molecule has 1 heterocycles. The summed E-state index contributed by atoms with van der Waals surface area (Å²) < 4.78 is 5.96. The topological polar surface area (TPSA) is 130 Å². The van der Waals surface area contributed by atoms with Crippen LogP contribution < -0.4 is 10.1 Å². The molecule has 2 aliphatic carbocycles. The predicted octanol–water partition coefficient (Wildman–Crippen LogP) is 8.63. The smallest absolute Gasteiger partial charge is 0.312 e. The number of nitrogens with zero attached hydrogens (tertiary/aromatic N) is 4. The monoisotopic (exact) mass is 717 g/mol. The molecule has 2 aromatic carbocycles. The number of hydrogen-bond acceptors (Lipinski definition) is 7. The molecule has 3 N–H and O–H groups in total. The number of aliphatic hydroxyl groups excluding tert-OH is 1. The van der Waals surface area contributed by atoms with Crippen molar-refractivity contribution in [2.24, 2.45) is 0 Å². The fourth-order valence-corrected chi connectivity index (χ4v) is 7.92. The van der Waals surface area contributed by atoms with Crippen molar-refractivity contribution < 1.29 is 24.5 Å². The normalized spacial score (nSPS) is 19.6. The van der Waals surface area contributed by atoms with Gasteiger partial charge in [-0.3, -0.25) is 9.59 Å². The molecule has 2 saturated carbocycles. The molecule has 2 aliphatic rings. The van der Waals surface area contributed by atoms with Gasteiger partial charge in [0.2, 0.25) is 0 Å². The Kier molecular flexibility index (Phi) is 15.2. The van der Waals surface area contributed by atoms with E-state index in [2.05, 4.69) is 31.2 Å². The van der Waals surface area contributed by atoms with Gasteiger partial charge in [-0.15, -0.1) is 15.0 Å². The SMILES string of the molecule is CCCCCCOc1ccc2nn(-c3cc(C(C)C)cc(CNC(=O)C(=O)N(C4CCCCCCCCCCC4)C4CCCCC4O)c3O)nc2c1. The number of ether oxygens (including phenoxy) is 1. The second kappa shape index (κ2) is 20.0. The van der Waals surface area contributed by atoms with Crippen molar-refractivity contribution in [2.75, 3.05) is 6.61 Å². The number of amides is 2. The Labute approximate surface area is 310 Å². The lowest BCUT2D eigenvalue weighted by molar-refractivity contribution is -0.152. The highest BCUT2D eigenvalue weighted by atomic mass is 16.5. The first-order valence-corrected chi connectivity index (χ1v) is 20.4. The van der Waals surface area contributed by atoms with Crippen molar-refractivity contribution in [1.29, 1.82) is 0 Å². The standard InChI is InChI=1S/C42H63N5O5/c1-4-5-6-18-25-52-34-23-24-35-36(28-34)45-47(44-35)38-27-31(30(2)3)26-32(40(38)49)29-43-41(50)42(51)46(37-21-16-17-22-39(37)48)33-19-14-12-10-8-7-9-11-13-15-20-33/h23-24,26-28,30,33,37,39,48-49H,4-22,25,29H2,1-3H3,(H,43,50). The van der Waals surface area contributed by atoms with Crippen molar-refractivity contribution in [1.82, 2.24) is 25.2 Å². The first-order valence-electron chi connectivity index (χ1n) is 20.4. The van der Waals surface area contributed by atoms with Crippen molar-refractivity contribution >= 4 is 22.8 Å². The van der Waals surface area contributed by atoms with Gasteiger partial charge in [0.05, 0.1) is 18.8 Å². The van der Waals surface area contributed by atoms with Gasteiger partial charge in [-0.05, 0) is 67.9 Å². The number of rotatable bonds is 12. The molecular formula is C42H63N5O5. The largest absolute Gasteiger partial charge is 0.505 e. The van der Waals surface area contributed by atoms with E-state index in [1.807, 2.05) is 30.3 Å². The number of carbonyl (C=O) groups is 2. The molecule has 5 rings (SSSR count). The number of phenols is 1. The lowest BCUT2D eigenvalue weighted by Crippen LogP contribution is -2.57. The van der Waals surface area contributed by atoms with Crippen LogP contribution in [-0.2, 0) is 16.1 Å². The molecule has 286 valence electrons. The van der Waals surface area contributed by atoms with Crippen LogP contribution in [-0.4, -0.2) is 66.7 Å². The first kappa shape index (κ1) is 39.5. The zero-order valence-corrected chi connectivity index (χ0v) is 32.0. The number of aliphatic hydroxyl groups is 1. The van der Waals surface area contributed by atoms with Gasteiger partial charge in [0.15, 0.2) is 0 Å². The zero-order chi connectivity index (χ0) is 36.9. The van der Waals surface area contributed by atoms with Crippen molar-refractivity contribution in [3.63, 3.8) is 0 Å². The van der Waals surface area contributed by atoms with E-state index in [0.717, 1.165) is 75.5 Å². The Morgan fingerprint density at radius 1 is 0.865 bits per heavy atom. The van der Waals surface area contributed by atoms with Gasteiger partial charge in [0, 0.05) is 24.2 Å². The summed E-state index contributed by atoms with van der Waals surface area (Å²) >= 11 is 0. The highest BCUT2D eigenvalue weighted by molar-refractivity contribution is 6.35. The van der Waals surface area contributed by atoms with E-state index >= 15 is 0 Å². The van der Waals surface area contributed by atoms with Crippen LogP contribution in [0.15, 0.2) is 30.3 Å². The minimum absolute atomic E-state index is 0.0352. The maximum atomic E-state index is 14.2. The Morgan fingerprint density at radius 2 is 1.52 bits per heavy atom. The summed E-state index contributed by atoms with van der Waals surface area (Å²) in [6.07, 6.45) is 19.3. The van der Waals surface area contributed by atoms with Gasteiger partial charge in [0.25, 0.3) is 0 Å². The minimum Gasteiger partial charge on any atom is -0.505 e. The third-order valence-corrected chi connectivity index (χ3v) is 11.1. The maximum absolute atomic E-state index is 14.2. The number of carbonyl (C=O) groups excluding carboxylic acids is 2. The summed E-state index contributed by atoms with van der Waals surface area (Å²) in [4.78, 5) is 31.2. The highest BCUT2D eigenvalue weighted by Crippen LogP contribution is 2.33. The summed E-state index contributed by atoms with van der Waals surface area (Å²) in [6.45, 7) is 6.93. The Balaban J connectivity index is 1.34. The van der Waals surface area contributed by atoms with Gasteiger partial charge in [0.1, 0.15) is 28.2 Å². The van der Waals surface area contributed by atoms with Crippen LogP contribution >= 0.6 is 0 Å². The molecule has 0 bridgehead atoms. The highest BCUT2D eigenvalue weighted by Gasteiger charge is 2.38. The summed E-state index contributed by atoms with van der Waals surface area (Å²) in [5.74, 6) is -0.479. The number of aromatic nitrogens is 3. The molecule has 52 heavy (non-hydrogen) atoms. The molecular weight excluding hydrogens is 654 g/mol. The number of aromatic hydroxyl groups is 1. The van der Waals surface area contributed by atoms with Crippen molar-refractivity contribution in [3.8, 4) is 17.2 Å². The van der Waals surface area contributed by atoms with Gasteiger partial charge >= 0.3 is 11.8 Å². The number of benzene rings is 2. The Hall–Kier alpha value is -3.66. The molecule has 10 heteroatoms. The number of nitrogens with one attached hydrogen (secondary N) is 1. The van der Waals surface area contributed by atoms with Gasteiger partial charge < -0.3 is 25.2 Å². The van der Waals surface area contributed by atoms with Gasteiger partial charge in [-0.2, -0.15) is 0 Å². The maximum Gasteiger partial charge on any atom is 0.312 e. The third-order valence-electron chi connectivity index (χ3n) is 11.1. The molecule has 10 nitrogen and oxygen atoms in total. The van der Waals surface area contributed by atoms with Gasteiger partial charge in [-0.1, -0.05) is 111 Å². The summed E-state index contributed by atoms with van der Waals surface area (Å²) in [5.41, 5.74) is 3.15. The van der Waals surface area contributed by atoms with Crippen molar-refractivity contribution in [3.05, 3.63) is 41.5 Å². The summed E-state index contributed by atoms with van der Waals surface area (Å²) in [7, 11) is 0. The van der Waals surface area contributed by atoms with Crippen LogP contribution in [0.2, 0.25) is 0 Å². The number of unbranched alkanes of at least 4 members (excludes halogenated alkanes) is 3. The van der Waals surface area contributed by atoms with E-state index < -0.39 is 17.9 Å². The zero-order valence-electron chi connectivity index (χ0n) is 32.0. The lowest BCUT2D eigenvalue weighted by Gasteiger charge is -2.42. The quantitative estimate of drug-likeness (QED) is 0.126. The van der Waals surface area contributed by atoms with E-state index in [0.29, 0.717) is 41.7 Å². The van der Waals surface area contributed by atoms with E-state index in [1.54, 1.807) is 4.90 Å². The lowest BCUT2D eigenvalue weighted by atomic mass is 9.88. The Bertz CT molecular complexity index is 1580. The fraction of sp³-hybridized carbons (Fsp3) is 0.667.